The highest BCUT2D eigenvalue weighted by atomic mass is 19.3. The summed E-state index contributed by atoms with van der Waals surface area (Å²) in [4.78, 5) is 19.5. The highest BCUT2D eigenvalue weighted by molar-refractivity contribution is 5.76. The van der Waals surface area contributed by atoms with Crippen molar-refractivity contribution in [3.63, 3.8) is 0 Å². The molecule has 7 nitrogen and oxygen atoms in total. The largest absolute Gasteiger partial charge is 0.490 e. The maximum Gasteiger partial charge on any atom is 0.248 e. The van der Waals surface area contributed by atoms with Crippen LogP contribution in [0.2, 0.25) is 0 Å². The number of ether oxygens (including phenoxy) is 2. The smallest absolute Gasteiger partial charge is 0.248 e. The summed E-state index contributed by atoms with van der Waals surface area (Å²) in [6, 6.07) is 5.59. The number of nitrogens with zero attached hydrogens (tertiary/aromatic N) is 2. The molecular weight excluding hydrogens is 427 g/mol. The van der Waals surface area contributed by atoms with Crippen LogP contribution in [-0.4, -0.2) is 41.1 Å². The van der Waals surface area contributed by atoms with Gasteiger partial charge in [0.25, 0.3) is 0 Å². The number of halogens is 3. The maximum absolute atomic E-state index is 14.4. The Balaban J connectivity index is 1.41. The normalized spacial score (nSPS) is 16.4. The van der Waals surface area contributed by atoms with Gasteiger partial charge in [-0.25, -0.2) is 23.1 Å². The topological polar surface area (TPSA) is 86.5 Å². The SMILES string of the molecule is CC(=O)N[C@@H](C)COc1cc2oc(-c3ccc(OCC4CC(F)(F)C4)c(F)c3)nc2cn1. The molecule has 3 aromatic rings. The molecule has 0 bridgehead atoms. The highest BCUT2D eigenvalue weighted by Gasteiger charge is 2.45. The number of carbonyl (C=O) groups excluding carboxylic acids is 1. The second kappa shape index (κ2) is 8.68. The summed E-state index contributed by atoms with van der Waals surface area (Å²) < 4.78 is 56.9. The van der Waals surface area contributed by atoms with Gasteiger partial charge in [0, 0.05) is 37.3 Å². The lowest BCUT2D eigenvalue weighted by atomic mass is 9.82. The van der Waals surface area contributed by atoms with Gasteiger partial charge in [0.15, 0.2) is 17.1 Å². The number of pyridine rings is 1. The van der Waals surface area contributed by atoms with Gasteiger partial charge in [0.1, 0.15) is 12.1 Å². The number of oxazole rings is 1. The van der Waals surface area contributed by atoms with Crippen LogP contribution in [-0.2, 0) is 4.79 Å². The number of amides is 1. The lowest BCUT2D eigenvalue weighted by Crippen LogP contribution is -2.38. The van der Waals surface area contributed by atoms with Crippen LogP contribution in [0.5, 0.6) is 11.6 Å². The molecule has 0 radical (unpaired) electrons. The van der Waals surface area contributed by atoms with Crippen LogP contribution < -0.4 is 14.8 Å². The van der Waals surface area contributed by atoms with Gasteiger partial charge < -0.3 is 19.2 Å². The van der Waals surface area contributed by atoms with Crippen molar-refractivity contribution in [2.24, 2.45) is 5.92 Å². The van der Waals surface area contributed by atoms with Crippen molar-refractivity contribution in [1.82, 2.24) is 15.3 Å². The van der Waals surface area contributed by atoms with E-state index in [0.29, 0.717) is 22.5 Å². The first kappa shape index (κ1) is 21.9. The first-order chi connectivity index (χ1) is 15.2. The van der Waals surface area contributed by atoms with E-state index in [4.69, 9.17) is 13.9 Å². The third-order valence-electron chi connectivity index (χ3n) is 5.01. The summed E-state index contributed by atoms with van der Waals surface area (Å²) in [5.74, 6) is -3.21. The fourth-order valence-corrected chi connectivity index (χ4v) is 3.48. The number of hydrogen-bond acceptors (Lipinski definition) is 6. The first-order valence-electron chi connectivity index (χ1n) is 10.2. The number of benzene rings is 1. The van der Waals surface area contributed by atoms with Gasteiger partial charge in [0.2, 0.25) is 23.6 Å². The van der Waals surface area contributed by atoms with Gasteiger partial charge >= 0.3 is 0 Å². The molecule has 2 aromatic heterocycles. The number of nitrogens with one attached hydrogen (secondary N) is 1. The van der Waals surface area contributed by atoms with Crippen LogP contribution in [0.4, 0.5) is 13.2 Å². The van der Waals surface area contributed by atoms with Gasteiger partial charge in [-0.15, -0.1) is 0 Å². The predicted molar refractivity (Wildman–Crippen MR) is 109 cm³/mol. The minimum absolute atomic E-state index is 0.00859. The Morgan fingerprint density at radius 3 is 2.78 bits per heavy atom. The molecule has 0 unspecified atom stereocenters. The van der Waals surface area contributed by atoms with Crippen LogP contribution in [0.25, 0.3) is 22.6 Å². The van der Waals surface area contributed by atoms with Gasteiger partial charge in [-0.2, -0.15) is 0 Å². The average molecular weight is 449 g/mol. The van der Waals surface area contributed by atoms with Crippen molar-refractivity contribution in [2.75, 3.05) is 13.2 Å². The van der Waals surface area contributed by atoms with Crippen molar-refractivity contribution >= 4 is 17.0 Å². The Hall–Kier alpha value is -3.30. The fourth-order valence-electron chi connectivity index (χ4n) is 3.48. The monoisotopic (exact) mass is 449 g/mol. The van der Waals surface area contributed by atoms with Crippen molar-refractivity contribution < 1.29 is 31.9 Å². The second-order valence-electron chi connectivity index (χ2n) is 8.01. The Kier molecular flexibility index (Phi) is 5.94. The zero-order valence-electron chi connectivity index (χ0n) is 17.5. The van der Waals surface area contributed by atoms with E-state index in [0.717, 1.165) is 0 Å². The lowest BCUT2D eigenvalue weighted by Gasteiger charge is -2.34. The third kappa shape index (κ3) is 5.12. The zero-order valence-corrected chi connectivity index (χ0v) is 17.5. The second-order valence-corrected chi connectivity index (χ2v) is 8.01. The number of fused-ring (bicyclic) bond motifs is 1. The van der Waals surface area contributed by atoms with Gasteiger partial charge in [-0.3, -0.25) is 4.79 Å². The van der Waals surface area contributed by atoms with Crippen molar-refractivity contribution in [2.45, 2.75) is 38.7 Å². The number of hydrogen-bond donors (Lipinski definition) is 1. The molecule has 170 valence electrons. The number of rotatable bonds is 8. The van der Waals surface area contributed by atoms with Crippen LogP contribution in [0.15, 0.2) is 34.9 Å². The molecule has 1 aromatic carbocycles. The molecule has 1 atom stereocenters. The summed E-state index contributed by atoms with van der Waals surface area (Å²) in [5.41, 5.74) is 1.26. The number of aromatic nitrogens is 2. The maximum atomic E-state index is 14.4. The van der Waals surface area contributed by atoms with Gasteiger partial charge in [-0.1, -0.05) is 0 Å². The van der Waals surface area contributed by atoms with E-state index in [9.17, 15) is 18.0 Å². The summed E-state index contributed by atoms with van der Waals surface area (Å²) in [6.45, 7) is 3.50. The molecular formula is C22H22F3N3O4. The molecule has 4 rings (SSSR count). The molecule has 0 aliphatic heterocycles. The molecule has 1 fully saturated rings. The molecule has 10 heteroatoms. The third-order valence-corrected chi connectivity index (χ3v) is 5.01. The minimum Gasteiger partial charge on any atom is -0.490 e. The molecule has 1 amide bonds. The van der Waals surface area contributed by atoms with E-state index in [2.05, 4.69) is 15.3 Å². The zero-order chi connectivity index (χ0) is 22.9. The highest BCUT2D eigenvalue weighted by Crippen LogP contribution is 2.42. The minimum atomic E-state index is -2.63. The molecule has 0 spiro atoms. The van der Waals surface area contributed by atoms with E-state index < -0.39 is 11.7 Å². The van der Waals surface area contributed by atoms with Crippen LogP contribution in [0, 0.1) is 11.7 Å². The van der Waals surface area contributed by atoms with Crippen LogP contribution >= 0.6 is 0 Å². The molecule has 1 aliphatic carbocycles. The number of alkyl halides is 2. The summed E-state index contributed by atoms with van der Waals surface area (Å²) >= 11 is 0. The molecule has 2 heterocycles. The molecule has 1 saturated carbocycles. The van der Waals surface area contributed by atoms with Crippen molar-refractivity contribution in [3.8, 4) is 23.1 Å². The molecule has 1 N–H and O–H groups in total. The summed E-state index contributed by atoms with van der Waals surface area (Å²) in [6.07, 6.45) is 1.01. The van der Waals surface area contributed by atoms with E-state index in [-0.39, 0.29) is 55.6 Å². The Labute approximate surface area is 181 Å². The lowest BCUT2D eigenvalue weighted by molar-refractivity contribution is -0.120. The van der Waals surface area contributed by atoms with Gasteiger partial charge in [-0.05, 0) is 25.1 Å². The van der Waals surface area contributed by atoms with E-state index in [1.54, 1.807) is 19.1 Å². The average Bonchev–Trinajstić information content (AvgIpc) is 3.12. The number of carbonyl (C=O) groups is 1. The molecule has 32 heavy (non-hydrogen) atoms. The first-order valence-corrected chi connectivity index (χ1v) is 10.2. The quantitative estimate of drug-likeness (QED) is 0.550. The molecule has 1 aliphatic rings. The molecule has 0 saturated heterocycles. The Bertz CT molecular complexity index is 1130. The van der Waals surface area contributed by atoms with E-state index in [1.165, 1.54) is 25.3 Å². The van der Waals surface area contributed by atoms with E-state index in [1.807, 2.05) is 0 Å². The summed E-state index contributed by atoms with van der Waals surface area (Å²) in [5, 5.41) is 2.70. The van der Waals surface area contributed by atoms with Crippen LogP contribution in [0.3, 0.4) is 0 Å². The standard InChI is InChI=1S/C22H22F3N3O4/c1-12(27-13(2)29)10-31-20-6-19-17(9-26-20)28-21(32-19)15-3-4-18(16(23)5-15)30-11-14-7-22(24,25)8-14/h3-6,9,12,14H,7-8,10-11H2,1-2H3,(H,27,29)/t12-/m0/s1. The predicted octanol–water partition coefficient (Wildman–Crippen LogP) is 4.36. The van der Waals surface area contributed by atoms with Crippen molar-refractivity contribution in [3.05, 3.63) is 36.3 Å². The fraction of sp³-hybridized carbons (Fsp3) is 0.409. The summed E-state index contributed by atoms with van der Waals surface area (Å²) in [7, 11) is 0. The Morgan fingerprint density at radius 2 is 2.09 bits per heavy atom. The van der Waals surface area contributed by atoms with Crippen molar-refractivity contribution in [1.29, 1.82) is 0 Å². The van der Waals surface area contributed by atoms with Gasteiger partial charge in [0.05, 0.1) is 18.8 Å². The van der Waals surface area contributed by atoms with E-state index >= 15 is 0 Å². The Morgan fingerprint density at radius 1 is 1.31 bits per heavy atom. The van der Waals surface area contributed by atoms with Crippen LogP contribution in [0.1, 0.15) is 26.7 Å².